The van der Waals surface area contributed by atoms with Gasteiger partial charge in [-0.05, 0) is 36.4 Å². The van der Waals surface area contributed by atoms with Crippen LogP contribution in [-0.2, 0) is 0 Å². The quantitative estimate of drug-likeness (QED) is 0.563. The van der Waals surface area contributed by atoms with E-state index in [1.54, 1.807) is 12.1 Å². The van der Waals surface area contributed by atoms with E-state index in [2.05, 4.69) is 15.0 Å². The Balaban J connectivity index is 0.00000208. The fraction of sp³-hybridized carbons (Fsp3) is 0.0625. The molecule has 2 aromatic carbocycles. The summed E-state index contributed by atoms with van der Waals surface area (Å²) in [5.41, 5.74) is 2.33. The van der Waals surface area contributed by atoms with Gasteiger partial charge in [0, 0.05) is 16.6 Å². The monoisotopic (exact) mass is 416 g/mol. The number of para-hydroxylation sites is 1. The summed E-state index contributed by atoms with van der Waals surface area (Å²) in [7, 11) is 0. The smallest absolute Gasteiger partial charge is 0.406 e. The number of nitrogens with zero attached hydrogens (tertiary/aromatic N) is 1. The molecule has 0 bridgehead atoms. The molecule has 8 heteroatoms. The van der Waals surface area contributed by atoms with Crippen molar-refractivity contribution in [2.24, 2.45) is 0 Å². The Morgan fingerprint density at radius 2 is 1.62 bits per heavy atom. The maximum absolute atomic E-state index is 12.1. The zero-order valence-corrected chi connectivity index (χ0v) is 14.6. The molecule has 3 rings (SSSR count). The summed E-state index contributed by atoms with van der Waals surface area (Å²) in [5.74, 6) is -0.251. The third kappa shape index (κ3) is 4.97. The zero-order valence-electron chi connectivity index (χ0n) is 12.1. The van der Waals surface area contributed by atoms with E-state index in [0.29, 0.717) is 10.8 Å². The molecule has 0 spiro atoms. The van der Waals surface area contributed by atoms with E-state index < -0.39 is 6.36 Å². The van der Waals surface area contributed by atoms with E-state index in [-0.39, 0.29) is 22.7 Å². The van der Waals surface area contributed by atoms with Crippen molar-refractivity contribution in [3.8, 4) is 17.0 Å². The summed E-state index contributed by atoms with van der Waals surface area (Å²) in [6.45, 7) is 0. The average molecular weight is 417 g/mol. The fourth-order valence-electron chi connectivity index (χ4n) is 1.94. The van der Waals surface area contributed by atoms with E-state index in [0.717, 1.165) is 11.3 Å². The number of benzene rings is 2. The molecule has 0 aliphatic carbocycles. The highest BCUT2D eigenvalue weighted by Gasteiger charge is 2.30. The van der Waals surface area contributed by atoms with Crippen LogP contribution in [0.5, 0.6) is 5.75 Å². The molecule has 0 amide bonds. The Hall–Kier alpha value is -2.06. The lowest BCUT2D eigenvalue weighted by Crippen LogP contribution is -2.16. The molecule has 24 heavy (non-hydrogen) atoms. The van der Waals surface area contributed by atoms with Crippen LogP contribution in [0.15, 0.2) is 60.0 Å². The standard InChI is InChI=1S/C16H11F3N2OS.BrH/c17-16(18,19)22-13-8-6-11(7-9-13)14-10-23-15(21-14)20-12-4-2-1-3-5-12;/h1-10H,(H,20,21);1H. The fourth-order valence-corrected chi connectivity index (χ4v) is 2.68. The van der Waals surface area contributed by atoms with Crippen LogP contribution in [0.25, 0.3) is 11.3 Å². The Kier molecular flexibility index (Phi) is 5.84. The first-order valence-corrected chi connectivity index (χ1v) is 7.51. The first-order valence-electron chi connectivity index (χ1n) is 6.63. The SMILES string of the molecule is Br.FC(F)(F)Oc1ccc(-c2csc(Nc3ccccc3)n2)cc1. The molecule has 3 aromatic rings. The molecule has 3 nitrogen and oxygen atoms in total. The summed E-state index contributed by atoms with van der Waals surface area (Å²) >= 11 is 1.42. The van der Waals surface area contributed by atoms with Crippen LogP contribution < -0.4 is 10.1 Å². The van der Waals surface area contributed by atoms with Crippen molar-refractivity contribution in [1.82, 2.24) is 4.98 Å². The summed E-state index contributed by atoms with van der Waals surface area (Å²) in [4.78, 5) is 4.42. The van der Waals surface area contributed by atoms with Crippen LogP contribution >= 0.6 is 28.3 Å². The highest BCUT2D eigenvalue weighted by molar-refractivity contribution is 8.93. The van der Waals surface area contributed by atoms with E-state index >= 15 is 0 Å². The van der Waals surface area contributed by atoms with E-state index in [1.165, 1.54) is 23.5 Å². The second kappa shape index (κ2) is 7.67. The number of aromatic nitrogens is 1. The molecule has 0 aliphatic heterocycles. The third-order valence-electron chi connectivity index (χ3n) is 2.91. The molecule has 0 radical (unpaired) electrons. The predicted octanol–water partition coefficient (Wildman–Crippen LogP) is 6.03. The van der Waals surface area contributed by atoms with Gasteiger partial charge in [-0.2, -0.15) is 0 Å². The second-order valence-electron chi connectivity index (χ2n) is 4.60. The van der Waals surface area contributed by atoms with Crippen molar-refractivity contribution in [3.05, 3.63) is 60.0 Å². The van der Waals surface area contributed by atoms with Crippen molar-refractivity contribution in [1.29, 1.82) is 0 Å². The van der Waals surface area contributed by atoms with Gasteiger partial charge in [0.2, 0.25) is 0 Å². The topological polar surface area (TPSA) is 34.1 Å². The molecule has 0 atom stereocenters. The number of alkyl halides is 3. The summed E-state index contributed by atoms with van der Waals surface area (Å²) < 4.78 is 40.2. The minimum atomic E-state index is -4.69. The Labute approximate surface area is 150 Å². The van der Waals surface area contributed by atoms with Crippen molar-refractivity contribution in [2.75, 3.05) is 5.32 Å². The van der Waals surface area contributed by atoms with Gasteiger partial charge in [-0.3, -0.25) is 0 Å². The van der Waals surface area contributed by atoms with Gasteiger partial charge in [0.15, 0.2) is 5.13 Å². The maximum Gasteiger partial charge on any atom is 0.573 e. The van der Waals surface area contributed by atoms with Gasteiger partial charge in [0.1, 0.15) is 5.75 Å². The van der Waals surface area contributed by atoms with Crippen molar-refractivity contribution in [2.45, 2.75) is 6.36 Å². The third-order valence-corrected chi connectivity index (χ3v) is 3.67. The number of hydrogen-bond donors (Lipinski definition) is 1. The van der Waals surface area contributed by atoms with Gasteiger partial charge in [-0.15, -0.1) is 41.5 Å². The first kappa shape index (κ1) is 18.3. The summed E-state index contributed by atoms with van der Waals surface area (Å²) in [6.07, 6.45) is -4.69. The molecule has 1 aromatic heterocycles. The zero-order chi connectivity index (χ0) is 16.3. The lowest BCUT2D eigenvalue weighted by atomic mass is 10.2. The maximum atomic E-state index is 12.1. The molecular formula is C16H12BrF3N2OS. The Morgan fingerprint density at radius 1 is 0.958 bits per heavy atom. The number of nitrogens with one attached hydrogen (secondary N) is 1. The lowest BCUT2D eigenvalue weighted by Gasteiger charge is -2.08. The number of anilines is 2. The molecular weight excluding hydrogens is 405 g/mol. The van der Waals surface area contributed by atoms with E-state index in [1.807, 2.05) is 35.7 Å². The lowest BCUT2D eigenvalue weighted by molar-refractivity contribution is -0.274. The number of thiazole rings is 1. The number of hydrogen-bond acceptors (Lipinski definition) is 4. The van der Waals surface area contributed by atoms with Crippen LogP contribution in [-0.4, -0.2) is 11.3 Å². The predicted molar refractivity (Wildman–Crippen MR) is 94.3 cm³/mol. The summed E-state index contributed by atoms with van der Waals surface area (Å²) in [6, 6.07) is 15.2. The number of ether oxygens (including phenoxy) is 1. The normalized spacial score (nSPS) is 10.8. The molecule has 0 unspecified atom stereocenters. The molecule has 0 fully saturated rings. The van der Waals surface area contributed by atoms with Crippen molar-refractivity contribution in [3.63, 3.8) is 0 Å². The van der Waals surface area contributed by atoms with E-state index in [4.69, 9.17) is 0 Å². The molecule has 0 aliphatic rings. The molecule has 0 saturated heterocycles. The van der Waals surface area contributed by atoms with Crippen molar-refractivity contribution >= 4 is 39.1 Å². The van der Waals surface area contributed by atoms with Gasteiger partial charge in [-0.25, -0.2) is 4.98 Å². The first-order chi connectivity index (χ1) is 11.0. The van der Waals surface area contributed by atoms with Gasteiger partial charge < -0.3 is 10.1 Å². The Bertz CT molecular complexity index is 776. The second-order valence-corrected chi connectivity index (χ2v) is 5.46. The van der Waals surface area contributed by atoms with E-state index in [9.17, 15) is 13.2 Å². The van der Waals surface area contributed by atoms with Gasteiger partial charge in [0.25, 0.3) is 0 Å². The molecule has 1 N–H and O–H groups in total. The highest BCUT2D eigenvalue weighted by Crippen LogP contribution is 2.29. The van der Waals surface area contributed by atoms with Gasteiger partial charge in [-0.1, -0.05) is 18.2 Å². The van der Waals surface area contributed by atoms with Gasteiger partial charge in [0.05, 0.1) is 5.69 Å². The largest absolute Gasteiger partial charge is 0.573 e. The highest BCUT2D eigenvalue weighted by atomic mass is 79.9. The molecule has 1 heterocycles. The minimum absolute atomic E-state index is 0. The van der Waals surface area contributed by atoms with Crippen LogP contribution in [0.3, 0.4) is 0 Å². The summed E-state index contributed by atoms with van der Waals surface area (Å²) in [5, 5.41) is 5.72. The molecule has 0 saturated carbocycles. The van der Waals surface area contributed by atoms with Crippen LogP contribution in [0, 0.1) is 0 Å². The van der Waals surface area contributed by atoms with Crippen LogP contribution in [0.1, 0.15) is 0 Å². The average Bonchev–Trinajstić information content (AvgIpc) is 2.96. The minimum Gasteiger partial charge on any atom is -0.406 e. The number of halogens is 4. The Morgan fingerprint density at radius 3 is 2.25 bits per heavy atom. The van der Waals surface area contributed by atoms with Crippen molar-refractivity contribution < 1.29 is 17.9 Å². The van der Waals surface area contributed by atoms with Crippen LogP contribution in [0.4, 0.5) is 24.0 Å². The number of rotatable bonds is 4. The van der Waals surface area contributed by atoms with Crippen LogP contribution in [0.2, 0.25) is 0 Å². The van der Waals surface area contributed by atoms with Gasteiger partial charge >= 0.3 is 6.36 Å². The molecule has 126 valence electrons.